The Kier molecular flexibility index (Phi) is 5.49. The molecule has 0 amide bonds. The number of ether oxygens (including phenoxy) is 1. The van der Waals surface area contributed by atoms with E-state index < -0.39 is 0 Å². The summed E-state index contributed by atoms with van der Waals surface area (Å²) < 4.78 is 5.27. The molecule has 0 bridgehead atoms. The highest BCUT2D eigenvalue weighted by molar-refractivity contribution is 5.29. The van der Waals surface area contributed by atoms with Gasteiger partial charge in [-0.15, -0.1) is 0 Å². The molecule has 0 aliphatic rings. The van der Waals surface area contributed by atoms with Gasteiger partial charge in [-0.2, -0.15) is 0 Å². The van der Waals surface area contributed by atoms with Crippen LogP contribution in [0.5, 0.6) is 5.75 Å². The maximum Gasteiger partial charge on any atom is 0.119 e. The average Bonchev–Trinajstić information content (AvgIpc) is 2.29. The van der Waals surface area contributed by atoms with Crippen molar-refractivity contribution < 1.29 is 4.74 Å². The summed E-state index contributed by atoms with van der Waals surface area (Å²) in [6.45, 7) is 5.66. The Morgan fingerprint density at radius 2 is 2.12 bits per heavy atom. The summed E-state index contributed by atoms with van der Waals surface area (Å²) in [6, 6.07) is 8.40. The van der Waals surface area contributed by atoms with Crippen molar-refractivity contribution in [2.45, 2.75) is 33.1 Å². The molecular formula is C15H25NO. The molecule has 0 saturated heterocycles. The molecule has 0 spiro atoms. The third-order valence-electron chi connectivity index (χ3n) is 3.22. The van der Waals surface area contributed by atoms with Gasteiger partial charge in [0.05, 0.1) is 7.11 Å². The molecular weight excluding hydrogens is 210 g/mol. The summed E-state index contributed by atoms with van der Waals surface area (Å²) >= 11 is 0. The second-order valence-corrected chi connectivity index (χ2v) is 5.12. The van der Waals surface area contributed by atoms with Crippen LogP contribution in [0.4, 0.5) is 0 Å². The molecule has 2 nitrogen and oxygen atoms in total. The fourth-order valence-electron chi connectivity index (χ4n) is 2.54. The molecule has 1 aromatic rings. The third kappa shape index (κ3) is 4.39. The van der Waals surface area contributed by atoms with Gasteiger partial charge in [-0.25, -0.2) is 0 Å². The van der Waals surface area contributed by atoms with Gasteiger partial charge in [0, 0.05) is 6.54 Å². The fourth-order valence-corrected chi connectivity index (χ4v) is 2.54. The van der Waals surface area contributed by atoms with Crippen LogP contribution in [0.1, 0.15) is 32.3 Å². The number of nitrogens with one attached hydrogen (secondary N) is 1. The summed E-state index contributed by atoms with van der Waals surface area (Å²) in [5.41, 5.74) is 1.69. The lowest BCUT2D eigenvalue weighted by Crippen LogP contribution is -2.31. The Balaban J connectivity index is 2.77. The van der Waals surface area contributed by atoms with Gasteiger partial charge in [0.1, 0.15) is 5.75 Å². The van der Waals surface area contributed by atoms with Gasteiger partial charge < -0.3 is 10.1 Å². The summed E-state index contributed by atoms with van der Waals surface area (Å²) in [6.07, 6.45) is 3.56. The molecule has 96 valence electrons. The largest absolute Gasteiger partial charge is 0.497 e. The zero-order valence-electron chi connectivity index (χ0n) is 11.5. The summed E-state index contributed by atoms with van der Waals surface area (Å²) in [4.78, 5) is 0. The van der Waals surface area contributed by atoms with Crippen molar-refractivity contribution >= 4 is 0 Å². The predicted molar refractivity (Wildman–Crippen MR) is 73.6 cm³/mol. The van der Waals surface area contributed by atoms with Crippen LogP contribution in [0.2, 0.25) is 0 Å². The van der Waals surface area contributed by atoms with Crippen LogP contribution in [-0.2, 0) is 6.42 Å². The molecule has 0 radical (unpaired) electrons. The molecule has 17 heavy (non-hydrogen) atoms. The minimum absolute atomic E-state index is 0.329. The Bertz CT molecular complexity index is 329. The second-order valence-electron chi connectivity index (χ2n) is 5.12. The van der Waals surface area contributed by atoms with Crippen molar-refractivity contribution in [1.29, 1.82) is 0 Å². The predicted octanol–water partition coefficient (Wildman–Crippen LogP) is 3.26. The summed E-state index contributed by atoms with van der Waals surface area (Å²) in [5, 5.41) is 3.31. The van der Waals surface area contributed by atoms with E-state index >= 15 is 0 Å². The van der Waals surface area contributed by atoms with Crippen LogP contribution >= 0.6 is 0 Å². The van der Waals surface area contributed by atoms with E-state index in [2.05, 4.69) is 37.4 Å². The van der Waals surface area contributed by atoms with Crippen molar-refractivity contribution in [3.63, 3.8) is 0 Å². The average molecular weight is 235 g/mol. The first-order valence-electron chi connectivity index (χ1n) is 6.41. The maximum absolute atomic E-state index is 5.27. The highest BCUT2D eigenvalue weighted by Gasteiger charge is 2.22. The topological polar surface area (TPSA) is 21.3 Å². The zero-order valence-corrected chi connectivity index (χ0v) is 11.5. The third-order valence-corrected chi connectivity index (χ3v) is 3.22. The Hall–Kier alpha value is -1.02. The SMILES string of the molecule is CCCC(C)(CNC)Cc1cccc(OC)c1. The van der Waals surface area contributed by atoms with Crippen LogP contribution in [0, 0.1) is 5.41 Å². The van der Waals surface area contributed by atoms with Gasteiger partial charge >= 0.3 is 0 Å². The van der Waals surface area contributed by atoms with Crippen LogP contribution in [0.15, 0.2) is 24.3 Å². The number of rotatable bonds is 7. The molecule has 1 N–H and O–H groups in total. The molecule has 0 aromatic heterocycles. The molecule has 1 rings (SSSR count). The molecule has 1 aromatic carbocycles. The van der Waals surface area contributed by atoms with Crippen molar-refractivity contribution in [3.8, 4) is 5.75 Å². The Morgan fingerprint density at radius 1 is 1.35 bits per heavy atom. The first kappa shape index (κ1) is 14.0. The molecule has 0 aliphatic heterocycles. The summed E-state index contributed by atoms with van der Waals surface area (Å²) in [5.74, 6) is 0.950. The quantitative estimate of drug-likeness (QED) is 0.783. The number of hydrogen-bond acceptors (Lipinski definition) is 2. The number of hydrogen-bond donors (Lipinski definition) is 1. The fraction of sp³-hybridized carbons (Fsp3) is 0.600. The van der Waals surface area contributed by atoms with Gasteiger partial charge in [0.15, 0.2) is 0 Å². The normalized spacial score (nSPS) is 14.4. The van der Waals surface area contributed by atoms with Crippen molar-refractivity contribution in [2.75, 3.05) is 20.7 Å². The monoisotopic (exact) mass is 235 g/mol. The van der Waals surface area contributed by atoms with Gasteiger partial charge in [0.25, 0.3) is 0 Å². The lowest BCUT2D eigenvalue weighted by molar-refractivity contribution is 0.282. The summed E-state index contributed by atoms with van der Waals surface area (Å²) in [7, 11) is 3.75. The highest BCUT2D eigenvalue weighted by atomic mass is 16.5. The van der Waals surface area contributed by atoms with Crippen LogP contribution < -0.4 is 10.1 Å². The van der Waals surface area contributed by atoms with E-state index in [-0.39, 0.29) is 0 Å². The zero-order chi connectivity index (χ0) is 12.7. The first-order chi connectivity index (χ1) is 8.13. The maximum atomic E-state index is 5.27. The minimum atomic E-state index is 0.329. The van der Waals surface area contributed by atoms with E-state index in [1.807, 2.05) is 13.1 Å². The van der Waals surface area contributed by atoms with E-state index in [0.29, 0.717) is 5.41 Å². The standard InChI is InChI=1S/C15H25NO/c1-5-9-15(2,12-16-3)11-13-7-6-8-14(10-13)17-4/h6-8,10,16H,5,9,11-12H2,1-4H3. The van der Waals surface area contributed by atoms with Crippen LogP contribution in [0.3, 0.4) is 0 Å². The van der Waals surface area contributed by atoms with E-state index in [1.54, 1.807) is 7.11 Å². The van der Waals surface area contributed by atoms with Gasteiger partial charge in [-0.05, 0) is 43.0 Å². The van der Waals surface area contributed by atoms with E-state index in [9.17, 15) is 0 Å². The molecule has 2 heteroatoms. The van der Waals surface area contributed by atoms with E-state index in [1.165, 1.54) is 18.4 Å². The van der Waals surface area contributed by atoms with Gasteiger partial charge in [-0.3, -0.25) is 0 Å². The highest BCUT2D eigenvalue weighted by Crippen LogP contribution is 2.28. The number of benzene rings is 1. The van der Waals surface area contributed by atoms with Crippen molar-refractivity contribution in [1.82, 2.24) is 5.32 Å². The van der Waals surface area contributed by atoms with Gasteiger partial charge in [0.2, 0.25) is 0 Å². The second kappa shape index (κ2) is 6.65. The molecule has 0 fully saturated rings. The molecule has 1 unspecified atom stereocenters. The molecule has 0 heterocycles. The lowest BCUT2D eigenvalue weighted by atomic mass is 9.79. The Labute approximate surface area is 105 Å². The molecule has 0 aliphatic carbocycles. The lowest BCUT2D eigenvalue weighted by Gasteiger charge is -2.29. The molecule has 0 saturated carbocycles. The van der Waals surface area contributed by atoms with Crippen molar-refractivity contribution in [2.24, 2.45) is 5.41 Å². The van der Waals surface area contributed by atoms with E-state index in [4.69, 9.17) is 4.74 Å². The van der Waals surface area contributed by atoms with Crippen molar-refractivity contribution in [3.05, 3.63) is 29.8 Å². The van der Waals surface area contributed by atoms with Crippen LogP contribution in [-0.4, -0.2) is 20.7 Å². The van der Waals surface area contributed by atoms with E-state index in [0.717, 1.165) is 18.7 Å². The minimum Gasteiger partial charge on any atom is -0.497 e. The van der Waals surface area contributed by atoms with Gasteiger partial charge in [-0.1, -0.05) is 32.4 Å². The first-order valence-corrected chi connectivity index (χ1v) is 6.41. The van der Waals surface area contributed by atoms with Crippen LogP contribution in [0.25, 0.3) is 0 Å². The number of methoxy groups -OCH3 is 1. The Morgan fingerprint density at radius 3 is 2.71 bits per heavy atom. The smallest absolute Gasteiger partial charge is 0.119 e. The molecule has 1 atom stereocenters.